The predicted octanol–water partition coefficient (Wildman–Crippen LogP) is 1.88. The highest BCUT2D eigenvalue weighted by Gasteiger charge is 2.19. The Bertz CT molecular complexity index is 553. The van der Waals surface area contributed by atoms with E-state index in [-0.39, 0.29) is 36.6 Å². The molecule has 132 valence electrons. The molecule has 0 spiro atoms. The van der Waals surface area contributed by atoms with E-state index in [0.717, 1.165) is 17.7 Å². The second-order valence-corrected chi connectivity index (χ2v) is 7.10. The topological polar surface area (TPSA) is 87.3 Å². The fourth-order valence-corrected chi connectivity index (χ4v) is 3.68. The van der Waals surface area contributed by atoms with Crippen LogP contribution < -0.4 is 16.0 Å². The molecule has 2 rings (SSSR count). The summed E-state index contributed by atoms with van der Waals surface area (Å²) >= 11 is 1.50. The van der Waals surface area contributed by atoms with Gasteiger partial charge in [-0.05, 0) is 24.3 Å². The summed E-state index contributed by atoms with van der Waals surface area (Å²) in [5.41, 5.74) is 0. The molecule has 24 heavy (non-hydrogen) atoms. The average Bonchev–Trinajstić information content (AvgIpc) is 3.19. The van der Waals surface area contributed by atoms with Gasteiger partial charge in [0, 0.05) is 30.8 Å². The Morgan fingerprint density at radius 2 is 2.00 bits per heavy atom. The summed E-state index contributed by atoms with van der Waals surface area (Å²) in [4.78, 5) is 36.1. The van der Waals surface area contributed by atoms with Gasteiger partial charge in [-0.1, -0.05) is 18.9 Å². The molecule has 1 fully saturated rings. The molecule has 0 aromatic carbocycles. The lowest BCUT2D eigenvalue weighted by molar-refractivity contribution is -0.123. The smallest absolute Gasteiger partial charge is 0.222 e. The Balaban J connectivity index is 1.70. The molecule has 3 amide bonds. The number of amides is 3. The quantitative estimate of drug-likeness (QED) is 0.668. The van der Waals surface area contributed by atoms with E-state index < -0.39 is 0 Å². The molecule has 1 aromatic rings. The van der Waals surface area contributed by atoms with Gasteiger partial charge in [0.2, 0.25) is 17.7 Å². The zero-order chi connectivity index (χ0) is 17.4. The highest BCUT2D eigenvalue weighted by Crippen LogP contribution is 2.22. The van der Waals surface area contributed by atoms with Crippen LogP contribution in [-0.4, -0.2) is 30.3 Å². The zero-order valence-electron chi connectivity index (χ0n) is 14.0. The molecule has 1 atom stereocenters. The summed E-state index contributed by atoms with van der Waals surface area (Å²) in [5, 5.41) is 10.5. The van der Waals surface area contributed by atoms with Crippen molar-refractivity contribution in [2.45, 2.75) is 57.5 Å². The fraction of sp³-hybridized carbons (Fsp3) is 0.588. The van der Waals surface area contributed by atoms with Crippen LogP contribution in [-0.2, 0) is 14.4 Å². The maximum absolute atomic E-state index is 12.1. The van der Waals surface area contributed by atoms with Crippen molar-refractivity contribution in [2.24, 2.45) is 0 Å². The van der Waals surface area contributed by atoms with Crippen LogP contribution in [0.15, 0.2) is 17.5 Å². The van der Waals surface area contributed by atoms with Gasteiger partial charge in [-0.25, -0.2) is 0 Å². The van der Waals surface area contributed by atoms with E-state index in [1.807, 2.05) is 17.5 Å². The highest BCUT2D eigenvalue weighted by molar-refractivity contribution is 7.10. The van der Waals surface area contributed by atoms with Crippen LogP contribution in [0.5, 0.6) is 0 Å². The first-order chi connectivity index (χ1) is 11.5. The third-order valence-corrected chi connectivity index (χ3v) is 5.03. The second-order valence-electron chi connectivity index (χ2n) is 6.12. The third-order valence-electron chi connectivity index (χ3n) is 4.05. The Hall–Kier alpha value is -1.89. The van der Waals surface area contributed by atoms with Crippen molar-refractivity contribution in [3.05, 3.63) is 22.4 Å². The van der Waals surface area contributed by atoms with Crippen molar-refractivity contribution in [1.29, 1.82) is 0 Å². The van der Waals surface area contributed by atoms with Crippen molar-refractivity contribution in [3.63, 3.8) is 0 Å². The first kappa shape index (κ1) is 18.4. The van der Waals surface area contributed by atoms with Crippen molar-refractivity contribution in [2.75, 3.05) is 6.54 Å². The van der Waals surface area contributed by atoms with E-state index in [1.54, 1.807) is 0 Å². The standard InChI is InChI=1S/C17H25N3O3S/c1-12(21)19-14(15-7-4-10-24-15)11-17(23)18-9-8-16(22)20-13-5-2-3-6-13/h4,7,10,13-14H,2-3,5-6,8-9,11H2,1H3,(H,18,23)(H,19,21)(H,20,22). The molecule has 1 saturated carbocycles. The van der Waals surface area contributed by atoms with E-state index in [2.05, 4.69) is 16.0 Å². The van der Waals surface area contributed by atoms with E-state index in [0.29, 0.717) is 12.6 Å². The number of hydrogen-bond donors (Lipinski definition) is 3. The van der Waals surface area contributed by atoms with Gasteiger partial charge < -0.3 is 16.0 Å². The molecule has 1 heterocycles. The van der Waals surface area contributed by atoms with Gasteiger partial charge in [-0.15, -0.1) is 11.3 Å². The third kappa shape index (κ3) is 6.31. The van der Waals surface area contributed by atoms with Crippen molar-refractivity contribution < 1.29 is 14.4 Å². The van der Waals surface area contributed by atoms with Crippen LogP contribution in [0.25, 0.3) is 0 Å². The maximum Gasteiger partial charge on any atom is 0.222 e. The number of rotatable bonds is 8. The number of carbonyl (C=O) groups excluding carboxylic acids is 3. The van der Waals surface area contributed by atoms with Crippen molar-refractivity contribution in [1.82, 2.24) is 16.0 Å². The highest BCUT2D eigenvalue weighted by atomic mass is 32.1. The maximum atomic E-state index is 12.1. The summed E-state index contributed by atoms with van der Waals surface area (Å²) in [6, 6.07) is 3.76. The number of nitrogens with one attached hydrogen (secondary N) is 3. The van der Waals surface area contributed by atoms with Gasteiger partial charge in [0.25, 0.3) is 0 Å². The van der Waals surface area contributed by atoms with Crippen LogP contribution in [0, 0.1) is 0 Å². The Labute approximate surface area is 146 Å². The van der Waals surface area contributed by atoms with Gasteiger partial charge in [0.1, 0.15) is 0 Å². The van der Waals surface area contributed by atoms with Gasteiger partial charge in [-0.3, -0.25) is 14.4 Å². The van der Waals surface area contributed by atoms with Gasteiger partial charge >= 0.3 is 0 Å². The Kier molecular flexibility index (Phi) is 7.24. The lowest BCUT2D eigenvalue weighted by atomic mass is 10.1. The average molecular weight is 351 g/mol. The number of hydrogen-bond acceptors (Lipinski definition) is 4. The Morgan fingerprint density at radius 3 is 2.62 bits per heavy atom. The van der Waals surface area contributed by atoms with Crippen molar-refractivity contribution in [3.8, 4) is 0 Å². The lowest BCUT2D eigenvalue weighted by Gasteiger charge is -2.16. The number of carbonyl (C=O) groups is 3. The second kappa shape index (κ2) is 9.42. The van der Waals surface area contributed by atoms with Crippen LogP contribution in [0.1, 0.15) is 56.4 Å². The summed E-state index contributed by atoms with van der Waals surface area (Å²) in [6.45, 7) is 1.75. The molecular formula is C17H25N3O3S. The van der Waals surface area contributed by atoms with E-state index in [1.165, 1.54) is 31.1 Å². The van der Waals surface area contributed by atoms with Gasteiger partial charge in [0.05, 0.1) is 12.5 Å². The molecule has 1 aliphatic carbocycles. The molecule has 0 aliphatic heterocycles. The van der Waals surface area contributed by atoms with E-state index in [9.17, 15) is 14.4 Å². The monoisotopic (exact) mass is 351 g/mol. The van der Waals surface area contributed by atoms with Gasteiger partial charge in [-0.2, -0.15) is 0 Å². The minimum atomic E-state index is -0.324. The summed E-state index contributed by atoms with van der Waals surface area (Å²) < 4.78 is 0. The molecule has 7 heteroatoms. The van der Waals surface area contributed by atoms with Crippen molar-refractivity contribution >= 4 is 29.1 Å². The minimum absolute atomic E-state index is 0.0149. The van der Waals surface area contributed by atoms with E-state index in [4.69, 9.17) is 0 Å². The minimum Gasteiger partial charge on any atom is -0.356 e. The molecule has 0 saturated heterocycles. The number of thiophene rings is 1. The predicted molar refractivity (Wildman–Crippen MR) is 93.5 cm³/mol. The molecule has 1 aliphatic rings. The van der Waals surface area contributed by atoms with E-state index >= 15 is 0 Å². The molecule has 1 aromatic heterocycles. The first-order valence-electron chi connectivity index (χ1n) is 8.41. The largest absolute Gasteiger partial charge is 0.356 e. The fourth-order valence-electron chi connectivity index (χ4n) is 2.90. The van der Waals surface area contributed by atoms with Gasteiger partial charge in [0.15, 0.2) is 0 Å². The molecular weight excluding hydrogens is 326 g/mol. The molecule has 0 radical (unpaired) electrons. The van der Waals surface area contributed by atoms with Crippen LogP contribution in [0.4, 0.5) is 0 Å². The lowest BCUT2D eigenvalue weighted by Crippen LogP contribution is -2.36. The SMILES string of the molecule is CC(=O)NC(CC(=O)NCCC(=O)NC1CCCC1)c1cccs1. The van der Waals surface area contributed by atoms with Crippen LogP contribution in [0.2, 0.25) is 0 Å². The van der Waals surface area contributed by atoms with Crippen LogP contribution in [0.3, 0.4) is 0 Å². The molecule has 6 nitrogen and oxygen atoms in total. The first-order valence-corrected chi connectivity index (χ1v) is 9.29. The van der Waals surface area contributed by atoms with Crippen LogP contribution >= 0.6 is 11.3 Å². The summed E-state index contributed by atoms with van der Waals surface area (Å²) in [5.74, 6) is -0.355. The normalized spacial score (nSPS) is 15.7. The Morgan fingerprint density at radius 1 is 1.25 bits per heavy atom. The molecule has 0 bridgehead atoms. The zero-order valence-corrected chi connectivity index (χ0v) is 14.8. The molecule has 3 N–H and O–H groups in total. The summed E-state index contributed by atoms with van der Waals surface area (Å²) in [6.07, 6.45) is 4.91. The summed E-state index contributed by atoms with van der Waals surface area (Å²) in [7, 11) is 0. The molecule has 1 unspecified atom stereocenters.